The summed E-state index contributed by atoms with van der Waals surface area (Å²) in [6.45, 7) is 6.16. The van der Waals surface area contributed by atoms with Crippen LogP contribution in [0.5, 0.6) is 0 Å². The summed E-state index contributed by atoms with van der Waals surface area (Å²) in [7, 11) is 1.85. The zero-order valence-corrected chi connectivity index (χ0v) is 13.0. The summed E-state index contributed by atoms with van der Waals surface area (Å²) in [6.07, 6.45) is 0. The molecule has 108 valence electrons. The topological polar surface area (TPSA) is 36.4 Å². The van der Waals surface area contributed by atoms with Crippen LogP contribution in [0, 0.1) is 5.82 Å². The molecule has 2 aromatic rings. The van der Waals surface area contributed by atoms with Gasteiger partial charge in [0, 0.05) is 18.2 Å². The van der Waals surface area contributed by atoms with Gasteiger partial charge in [-0.25, -0.2) is 9.37 Å². The molecule has 0 aliphatic rings. The van der Waals surface area contributed by atoms with Crippen molar-refractivity contribution in [1.29, 1.82) is 0 Å². The number of aliphatic hydroxyl groups excluding tert-OH is 1. The van der Waals surface area contributed by atoms with Gasteiger partial charge < -0.3 is 10.0 Å². The average molecular weight is 294 g/mol. The highest BCUT2D eigenvalue weighted by atomic mass is 32.1. The first kappa shape index (κ1) is 14.9. The average Bonchev–Trinajstić information content (AvgIpc) is 2.82. The number of aromatic nitrogens is 1. The maximum Gasteiger partial charge on any atom is 0.190 e. The van der Waals surface area contributed by atoms with E-state index in [1.807, 2.05) is 18.0 Å². The molecule has 20 heavy (non-hydrogen) atoms. The first-order chi connectivity index (χ1) is 9.32. The Bertz CT molecular complexity index is 604. The van der Waals surface area contributed by atoms with Crippen molar-refractivity contribution in [3.63, 3.8) is 0 Å². The minimum atomic E-state index is -0.274. The Morgan fingerprint density at radius 1 is 1.35 bits per heavy atom. The van der Waals surface area contributed by atoms with E-state index in [0.717, 1.165) is 21.4 Å². The van der Waals surface area contributed by atoms with E-state index in [2.05, 4.69) is 25.8 Å². The largest absolute Gasteiger partial charge is 0.391 e. The molecule has 0 bridgehead atoms. The van der Waals surface area contributed by atoms with Gasteiger partial charge in [-0.05, 0) is 18.2 Å². The molecule has 1 aromatic carbocycles. The van der Waals surface area contributed by atoms with E-state index in [9.17, 15) is 9.50 Å². The maximum absolute atomic E-state index is 13.3. The van der Waals surface area contributed by atoms with Crippen molar-refractivity contribution >= 4 is 22.2 Å². The molecule has 0 saturated heterocycles. The number of thiazole rings is 1. The number of benzene rings is 1. The zero-order valence-electron chi connectivity index (χ0n) is 12.1. The van der Waals surface area contributed by atoms with Crippen LogP contribution in [0.1, 0.15) is 31.3 Å². The first-order valence-corrected chi connectivity index (χ1v) is 7.25. The molecule has 1 heterocycles. The van der Waals surface area contributed by atoms with E-state index in [0.29, 0.717) is 0 Å². The minimum Gasteiger partial charge on any atom is -0.391 e. The van der Waals surface area contributed by atoms with Gasteiger partial charge >= 0.3 is 0 Å². The Kier molecular flexibility index (Phi) is 4.11. The molecule has 1 aromatic heterocycles. The van der Waals surface area contributed by atoms with Crippen LogP contribution in [-0.2, 0) is 12.0 Å². The Hall–Kier alpha value is -1.46. The van der Waals surface area contributed by atoms with Gasteiger partial charge in [-0.1, -0.05) is 38.2 Å². The van der Waals surface area contributed by atoms with Crippen molar-refractivity contribution in [3.05, 3.63) is 40.7 Å². The van der Waals surface area contributed by atoms with Crippen LogP contribution in [0.15, 0.2) is 24.3 Å². The smallest absolute Gasteiger partial charge is 0.190 e. The number of rotatable bonds is 3. The monoisotopic (exact) mass is 294 g/mol. The van der Waals surface area contributed by atoms with Gasteiger partial charge in [-0.15, -0.1) is 0 Å². The number of halogens is 1. The van der Waals surface area contributed by atoms with Gasteiger partial charge in [0.1, 0.15) is 5.82 Å². The second kappa shape index (κ2) is 5.50. The molecule has 0 unspecified atom stereocenters. The normalized spacial score (nSPS) is 11.7. The van der Waals surface area contributed by atoms with Crippen molar-refractivity contribution in [2.45, 2.75) is 32.8 Å². The fourth-order valence-electron chi connectivity index (χ4n) is 1.97. The van der Waals surface area contributed by atoms with Gasteiger partial charge in [0.15, 0.2) is 5.13 Å². The van der Waals surface area contributed by atoms with E-state index in [4.69, 9.17) is 0 Å². The maximum atomic E-state index is 13.3. The summed E-state index contributed by atoms with van der Waals surface area (Å²) in [5.41, 5.74) is 1.50. The van der Waals surface area contributed by atoms with Crippen molar-refractivity contribution in [3.8, 4) is 0 Å². The van der Waals surface area contributed by atoms with E-state index in [-0.39, 0.29) is 17.8 Å². The highest BCUT2D eigenvalue weighted by molar-refractivity contribution is 7.15. The van der Waals surface area contributed by atoms with Gasteiger partial charge in [0.05, 0.1) is 17.2 Å². The predicted molar refractivity (Wildman–Crippen MR) is 81.2 cm³/mol. The number of nitrogens with zero attached hydrogens (tertiary/aromatic N) is 2. The Morgan fingerprint density at radius 3 is 2.55 bits per heavy atom. The molecule has 1 N–H and O–H groups in total. The molecular weight excluding hydrogens is 275 g/mol. The molecule has 5 heteroatoms. The van der Waals surface area contributed by atoms with Gasteiger partial charge in [0.2, 0.25) is 0 Å². The Morgan fingerprint density at radius 2 is 2.05 bits per heavy atom. The lowest BCUT2D eigenvalue weighted by atomic mass is 9.91. The molecule has 3 nitrogen and oxygen atoms in total. The molecule has 0 atom stereocenters. The summed E-state index contributed by atoms with van der Waals surface area (Å²) < 4.78 is 13.3. The summed E-state index contributed by atoms with van der Waals surface area (Å²) >= 11 is 1.44. The molecule has 2 rings (SSSR count). The summed E-state index contributed by atoms with van der Waals surface area (Å²) in [4.78, 5) is 7.31. The number of hydrogen-bond donors (Lipinski definition) is 1. The van der Waals surface area contributed by atoms with Crippen molar-refractivity contribution in [2.75, 3.05) is 11.9 Å². The number of hydrogen-bond acceptors (Lipinski definition) is 4. The summed E-state index contributed by atoms with van der Waals surface area (Å²) in [5, 5.41) is 10.2. The van der Waals surface area contributed by atoms with E-state index in [1.54, 1.807) is 6.07 Å². The highest BCUT2D eigenvalue weighted by Gasteiger charge is 2.24. The quantitative estimate of drug-likeness (QED) is 0.934. The standard InChI is InChI=1S/C15H19FN2OS/c1-15(2,3)13-12(9-19)20-14(17-13)18(4)11-7-5-6-10(16)8-11/h5-8,19H,9H2,1-4H3. The number of aliphatic hydroxyl groups is 1. The molecule has 0 aliphatic heterocycles. The zero-order chi connectivity index (χ0) is 14.9. The second-order valence-electron chi connectivity index (χ2n) is 5.72. The summed E-state index contributed by atoms with van der Waals surface area (Å²) in [6, 6.07) is 6.39. The van der Waals surface area contributed by atoms with Crippen LogP contribution >= 0.6 is 11.3 Å². The third kappa shape index (κ3) is 2.99. The second-order valence-corrected chi connectivity index (χ2v) is 6.78. The van der Waals surface area contributed by atoms with Crippen LogP contribution in [0.2, 0.25) is 0 Å². The molecule has 0 amide bonds. The van der Waals surface area contributed by atoms with Crippen molar-refractivity contribution in [1.82, 2.24) is 4.98 Å². The minimum absolute atomic E-state index is 0.0265. The van der Waals surface area contributed by atoms with Crippen molar-refractivity contribution < 1.29 is 9.50 Å². The Balaban J connectivity index is 2.41. The van der Waals surface area contributed by atoms with Crippen LogP contribution < -0.4 is 4.90 Å². The summed E-state index contributed by atoms with van der Waals surface area (Å²) in [5.74, 6) is -0.274. The van der Waals surface area contributed by atoms with E-state index >= 15 is 0 Å². The lowest BCUT2D eigenvalue weighted by molar-refractivity contribution is 0.282. The lowest BCUT2D eigenvalue weighted by Gasteiger charge is -2.18. The Labute approximate surface area is 122 Å². The molecule has 0 radical (unpaired) electrons. The fourth-order valence-corrected chi connectivity index (χ4v) is 3.08. The lowest BCUT2D eigenvalue weighted by Crippen LogP contribution is -2.15. The van der Waals surface area contributed by atoms with Crippen molar-refractivity contribution in [2.24, 2.45) is 0 Å². The van der Waals surface area contributed by atoms with E-state index in [1.165, 1.54) is 23.5 Å². The molecule has 0 aliphatic carbocycles. The van der Waals surface area contributed by atoms with E-state index < -0.39 is 0 Å². The van der Waals surface area contributed by atoms with Crippen LogP contribution in [-0.4, -0.2) is 17.1 Å². The SMILES string of the molecule is CN(c1cccc(F)c1)c1nc(C(C)(C)C)c(CO)s1. The van der Waals surface area contributed by atoms with Crippen LogP contribution in [0.25, 0.3) is 0 Å². The third-order valence-corrected chi connectivity index (χ3v) is 4.14. The van der Waals surface area contributed by atoms with Gasteiger partial charge in [0.25, 0.3) is 0 Å². The van der Waals surface area contributed by atoms with Gasteiger partial charge in [-0.2, -0.15) is 0 Å². The fraction of sp³-hybridized carbons (Fsp3) is 0.400. The van der Waals surface area contributed by atoms with Crippen LogP contribution in [0.3, 0.4) is 0 Å². The molecule has 0 saturated carbocycles. The van der Waals surface area contributed by atoms with Gasteiger partial charge in [-0.3, -0.25) is 0 Å². The van der Waals surface area contributed by atoms with Crippen LogP contribution in [0.4, 0.5) is 15.2 Å². The third-order valence-electron chi connectivity index (χ3n) is 3.02. The predicted octanol–water partition coefficient (Wildman–Crippen LogP) is 3.84. The highest BCUT2D eigenvalue weighted by Crippen LogP contribution is 2.35. The molecule has 0 fully saturated rings. The molecule has 0 spiro atoms. The molecular formula is C15H19FN2OS. The number of anilines is 2. The first-order valence-electron chi connectivity index (χ1n) is 6.43.